The lowest BCUT2D eigenvalue weighted by Crippen LogP contribution is -2.20. The van der Waals surface area contributed by atoms with Crippen molar-refractivity contribution in [2.75, 3.05) is 5.75 Å². The summed E-state index contributed by atoms with van der Waals surface area (Å²) in [5.74, 6) is 1.12. The molecule has 1 fully saturated rings. The topological polar surface area (TPSA) is 43.1 Å². The van der Waals surface area contributed by atoms with Crippen LogP contribution in [0.2, 0.25) is 0 Å². The van der Waals surface area contributed by atoms with Gasteiger partial charge in [-0.3, -0.25) is 4.79 Å². The second kappa shape index (κ2) is 4.50. The molecule has 1 aromatic rings. The smallest absolute Gasteiger partial charge is 0.218 e. The predicted molar refractivity (Wildman–Crippen MR) is 68.4 cm³/mol. The van der Waals surface area contributed by atoms with Crippen molar-refractivity contribution in [3.8, 4) is 0 Å². The number of primary amides is 1. The van der Waals surface area contributed by atoms with Crippen LogP contribution in [0.25, 0.3) is 0 Å². The number of amides is 1. The molecule has 2 nitrogen and oxygen atoms in total. The molecule has 0 saturated heterocycles. The van der Waals surface area contributed by atoms with Gasteiger partial charge in [0, 0.05) is 6.42 Å². The van der Waals surface area contributed by atoms with Crippen LogP contribution in [-0.2, 0) is 11.2 Å². The fourth-order valence-corrected chi connectivity index (χ4v) is 2.93. The van der Waals surface area contributed by atoms with Gasteiger partial charge in [0.15, 0.2) is 0 Å². The Labute approximate surface area is 102 Å². The maximum Gasteiger partial charge on any atom is 0.218 e. The number of thiol groups is 1. The first-order chi connectivity index (χ1) is 7.66. The molecule has 0 radical (unpaired) electrons. The number of rotatable bonds is 5. The van der Waals surface area contributed by atoms with Crippen LogP contribution >= 0.6 is 12.6 Å². The quantitative estimate of drug-likeness (QED) is 0.754. The monoisotopic (exact) mass is 235 g/mol. The lowest BCUT2D eigenvalue weighted by molar-refractivity contribution is -0.119. The zero-order valence-electron chi connectivity index (χ0n) is 9.23. The predicted octanol–water partition coefficient (Wildman–Crippen LogP) is 2.04. The van der Waals surface area contributed by atoms with E-state index < -0.39 is 0 Å². The molecule has 2 N–H and O–H groups in total. The lowest BCUT2D eigenvalue weighted by Gasteiger charge is -2.12. The van der Waals surface area contributed by atoms with Gasteiger partial charge in [0.05, 0.1) is 0 Å². The number of hydrogen-bond acceptors (Lipinski definition) is 2. The Morgan fingerprint density at radius 3 is 2.69 bits per heavy atom. The molecule has 16 heavy (non-hydrogen) atoms. The third-order valence-electron chi connectivity index (χ3n) is 3.52. The zero-order valence-corrected chi connectivity index (χ0v) is 10.1. The van der Waals surface area contributed by atoms with E-state index in [1.807, 2.05) is 18.2 Å². The minimum atomic E-state index is -0.204. The summed E-state index contributed by atoms with van der Waals surface area (Å²) in [7, 11) is 0. The normalized spacial score (nSPS) is 27.7. The number of carbonyl (C=O) groups excluding carboxylic acids is 1. The molecule has 1 saturated carbocycles. The molecule has 2 atom stereocenters. The van der Waals surface area contributed by atoms with Crippen LogP contribution in [0.15, 0.2) is 30.3 Å². The van der Waals surface area contributed by atoms with Gasteiger partial charge in [-0.25, -0.2) is 0 Å². The maximum atomic E-state index is 11.0. The summed E-state index contributed by atoms with van der Waals surface area (Å²) in [6.45, 7) is 0. The highest BCUT2D eigenvalue weighted by Gasteiger charge is 2.53. The maximum absolute atomic E-state index is 11.0. The molecule has 0 heterocycles. The summed E-state index contributed by atoms with van der Waals surface area (Å²) in [6.07, 6.45) is 2.59. The van der Waals surface area contributed by atoms with Crippen molar-refractivity contribution in [2.24, 2.45) is 17.1 Å². The average Bonchev–Trinajstić information content (AvgIpc) is 2.92. The van der Waals surface area contributed by atoms with Gasteiger partial charge in [0.1, 0.15) is 0 Å². The summed E-state index contributed by atoms with van der Waals surface area (Å²) in [6, 6.07) is 10.4. The molecule has 1 aliphatic carbocycles. The van der Waals surface area contributed by atoms with Crippen LogP contribution < -0.4 is 5.73 Å². The van der Waals surface area contributed by atoms with E-state index >= 15 is 0 Å². The van der Waals surface area contributed by atoms with Crippen LogP contribution in [0.5, 0.6) is 0 Å². The second-order valence-corrected chi connectivity index (χ2v) is 5.07. The summed E-state index contributed by atoms with van der Waals surface area (Å²) < 4.78 is 0. The molecule has 1 aromatic carbocycles. The van der Waals surface area contributed by atoms with Crippen LogP contribution in [0.1, 0.15) is 18.4 Å². The lowest BCUT2D eigenvalue weighted by atomic mass is 9.97. The van der Waals surface area contributed by atoms with Gasteiger partial charge in [0.2, 0.25) is 5.91 Å². The highest BCUT2D eigenvalue weighted by atomic mass is 32.1. The van der Waals surface area contributed by atoms with Crippen molar-refractivity contribution in [1.29, 1.82) is 0 Å². The van der Waals surface area contributed by atoms with Crippen molar-refractivity contribution in [3.63, 3.8) is 0 Å². The Hall–Kier alpha value is -0.960. The van der Waals surface area contributed by atoms with E-state index in [4.69, 9.17) is 5.73 Å². The van der Waals surface area contributed by atoms with Crippen LogP contribution in [-0.4, -0.2) is 11.7 Å². The van der Waals surface area contributed by atoms with Gasteiger partial charge in [-0.15, -0.1) is 0 Å². The largest absolute Gasteiger partial charge is 0.370 e. The van der Waals surface area contributed by atoms with Gasteiger partial charge in [-0.1, -0.05) is 30.3 Å². The van der Waals surface area contributed by atoms with E-state index in [-0.39, 0.29) is 11.3 Å². The second-order valence-electron chi connectivity index (χ2n) is 4.75. The van der Waals surface area contributed by atoms with E-state index in [2.05, 4.69) is 24.8 Å². The van der Waals surface area contributed by atoms with E-state index in [0.29, 0.717) is 12.3 Å². The molecular weight excluding hydrogens is 218 g/mol. The van der Waals surface area contributed by atoms with Crippen molar-refractivity contribution in [1.82, 2.24) is 0 Å². The Bertz CT molecular complexity index is 379. The van der Waals surface area contributed by atoms with Gasteiger partial charge in [-0.05, 0) is 35.5 Å². The Morgan fingerprint density at radius 1 is 1.44 bits per heavy atom. The molecule has 0 aromatic heterocycles. The van der Waals surface area contributed by atoms with Crippen molar-refractivity contribution in [2.45, 2.75) is 19.3 Å². The number of hydrogen-bond donors (Lipinski definition) is 2. The Kier molecular flexibility index (Phi) is 3.24. The first-order valence-electron chi connectivity index (χ1n) is 5.59. The molecule has 2 unspecified atom stereocenters. The number of carbonyl (C=O) groups is 1. The van der Waals surface area contributed by atoms with Gasteiger partial charge < -0.3 is 5.73 Å². The molecule has 2 rings (SSSR count). The van der Waals surface area contributed by atoms with E-state index in [1.54, 1.807) is 0 Å². The van der Waals surface area contributed by atoms with E-state index in [0.717, 1.165) is 18.6 Å². The zero-order chi connectivity index (χ0) is 11.6. The summed E-state index contributed by atoms with van der Waals surface area (Å²) in [5, 5.41) is 0. The first kappa shape index (κ1) is 11.5. The van der Waals surface area contributed by atoms with Gasteiger partial charge >= 0.3 is 0 Å². The molecule has 0 bridgehead atoms. The van der Waals surface area contributed by atoms with Gasteiger partial charge in [0.25, 0.3) is 0 Å². The minimum Gasteiger partial charge on any atom is -0.370 e. The fourth-order valence-electron chi connectivity index (χ4n) is 2.43. The molecular formula is C13H17NOS. The highest BCUT2D eigenvalue weighted by Crippen LogP contribution is 2.57. The minimum absolute atomic E-state index is 0.0742. The molecule has 3 heteroatoms. The molecule has 86 valence electrons. The third kappa shape index (κ3) is 2.40. The van der Waals surface area contributed by atoms with E-state index in [1.165, 1.54) is 5.56 Å². The van der Waals surface area contributed by atoms with Crippen molar-refractivity contribution in [3.05, 3.63) is 35.9 Å². The van der Waals surface area contributed by atoms with Crippen LogP contribution in [0.3, 0.4) is 0 Å². The molecule has 1 aliphatic rings. The Morgan fingerprint density at radius 2 is 2.12 bits per heavy atom. The summed E-state index contributed by atoms with van der Waals surface area (Å²) in [4.78, 5) is 11.0. The molecule has 0 spiro atoms. The number of nitrogens with two attached hydrogens (primary N) is 1. The summed E-state index contributed by atoms with van der Waals surface area (Å²) in [5.41, 5.74) is 6.68. The Balaban J connectivity index is 1.97. The van der Waals surface area contributed by atoms with Gasteiger partial charge in [-0.2, -0.15) is 12.6 Å². The molecule has 1 amide bonds. The first-order valence-corrected chi connectivity index (χ1v) is 6.23. The van der Waals surface area contributed by atoms with Crippen molar-refractivity contribution >= 4 is 18.5 Å². The highest BCUT2D eigenvalue weighted by molar-refractivity contribution is 7.80. The average molecular weight is 235 g/mol. The summed E-state index contributed by atoms with van der Waals surface area (Å²) >= 11 is 4.36. The van der Waals surface area contributed by atoms with Crippen LogP contribution in [0, 0.1) is 11.3 Å². The third-order valence-corrected chi connectivity index (χ3v) is 4.15. The van der Waals surface area contributed by atoms with Crippen molar-refractivity contribution < 1.29 is 4.79 Å². The molecule has 0 aliphatic heterocycles. The fraction of sp³-hybridized carbons (Fsp3) is 0.462. The van der Waals surface area contributed by atoms with Crippen LogP contribution in [0.4, 0.5) is 0 Å². The van der Waals surface area contributed by atoms with E-state index in [9.17, 15) is 4.79 Å². The standard InChI is InChI=1S/C13H17NOS/c14-12(15)8-13(9-16)7-11(13)6-10-4-2-1-3-5-10/h1-5,11,16H,6-9H2,(H2,14,15). The SMILES string of the molecule is NC(=O)CC1(CS)CC1Cc1ccccc1. The number of benzene rings is 1.